The fraction of sp³-hybridized carbons (Fsp3) is 0.0588. The van der Waals surface area contributed by atoms with Gasteiger partial charge in [0.15, 0.2) is 0 Å². The van der Waals surface area contributed by atoms with Gasteiger partial charge in [0.25, 0.3) is 0 Å². The van der Waals surface area contributed by atoms with Crippen LogP contribution in [0.2, 0.25) is 0 Å². The maximum atomic E-state index is 2.60. The monoisotopic (exact) mass is 693 g/mol. The predicted octanol–water partition coefficient (Wildman–Crippen LogP) is 15.0. The summed E-state index contributed by atoms with van der Waals surface area (Å²) in [5.74, 6) is 0. The highest BCUT2D eigenvalue weighted by atomic mass is 32.1. The topological polar surface area (TPSA) is 3.24 Å². The molecule has 0 amide bonds. The van der Waals surface area contributed by atoms with Crippen molar-refractivity contribution in [2.24, 2.45) is 0 Å². The van der Waals surface area contributed by atoms with Gasteiger partial charge in [-0.15, -0.1) is 11.3 Å². The Hall–Kier alpha value is -6.22. The van der Waals surface area contributed by atoms with Crippen LogP contribution < -0.4 is 4.90 Å². The van der Waals surface area contributed by atoms with E-state index in [9.17, 15) is 0 Å². The van der Waals surface area contributed by atoms with E-state index in [1.54, 1.807) is 0 Å². The summed E-state index contributed by atoms with van der Waals surface area (Å²) in [6, 6.07) is 65.5. The van der Waals surface area contributed by atoms with E-state index in [0.717, 1.165) is 0 Å². The number of rotatable bonds is 4. The van der Waals surface area contributed by atoms with Crippen molar-refractivity contribution in [3.05, 3.63) is 187 Å². The average Bonchev–Trinajstić information content (AvgIpc) is 3.69. The van der Waals surface area contributed by atoms with Crippen molar-refractivity contribution in [1.82, 2.24) is 0 Å². The Morgan fingerprint density at radius 3 is 1.81 bits per heavy atom. The first-order chi connectivity index (χ1) is 26.1. The number of thiophene rings is 1. The van der Waals surface area contributed by atoms with Crippen LogP contribution in [0.4, 0.5) is 17.1 Å². The fourth-order valence-corrected chi connectivity index (χ4v) is 10.3. The minimum Gasteiger partial charge on any atom is -0.309 e. The van der Waals surface area contributed by atoms with Crippen LogP contribution in [0.25, 0.3) is 74.7 Å². The van der Waals surface area contributed by atoms with Gasteiger partial charge in [0, 0.05) is 36.7 Å². The normalized spacial score (nSPS) is 13.2. The first kappa shape index (κ1) is 30.4. The number of benzene rings is 9. The third-order valence-electron chi connectivity index (χ3n) is 11.6. The van der Waals surface area contributed by atoms with Crippen molar-refractivity contribution in [2.45, 2.75) is 19.3 Å². The van der Waals surface area contributed by atoms with E-state index in [2.05, 4.69) is 195 Å². The van der Waals surface area contributed by atoms with Crippen LogP contribution in [0.3, 0.4) is 0 Å². The van der Waals surface area contributed by atoms with E-state index >= 15 is 0 Å². The fourth-order valence-electron chi connectivity index (χ4n) is 9.14. The first-order valence-electron chi connectivity index (χ1n) is 18.4. The number of anilines is 3. The molecule has 0 fully saturated rings. The average molecular weight is 694 g/mol. The van der Waals surface area contributed by atoms with Gasteiger partial charge in [0.1, 0.15) is 0 Å². The van der Waals surface area contributed by atoms with Gasteiger partial charge in [0.2, 0.25) is 0 Å². The molecule has 1 nitrogen and oxygen atoms in total. The number of hydrogen-bond donors (Lipinski definition) is 0. The van der Waals surface area contributed by atoms with Gasteiger partial charge in [-0.1, -0.05) is 147 Å². The Morgan fingerprint density at radius 2 is 0.981 bits per heavy atom. The zero-order valence-corrected chi connectivity index (χ0v) is 30.4. The van der Waals surface area contributed by atoms with Gasteiger partial charge in [-0.25, -0.2) is 0 Å². The van der Waals surface area contributed by atoms with Crippen LogP contribution in [0.5, 0.6) is 0 Å². The summed E-state index contributed by atoms with van der Waals surface area (Å²) in [6.07, 6.45) is 0. The zero-order chi connectivity index (χ0) is 35.3. The standard InChI is InChI=1S/C51H35NS/c1-51(2)41-23-12-24-43(49(41)40-30-34-16-3-4-17-35(34)31-42(40)51)52(44-25-13-27-47-50(44)39-21-9-10-26-46(39)53-47)45-29-28-33-15-6-8-20-37(33)48(45)38-22-11-18-32-14-5-7-19-36(32)38/h3-31H,1-2H3. The minimum atomic E-state index is -0.167. The maximum absolute atomic E-state index is 2.60. The molecule has 0 spiro atoms. The number of nitrogens with zero attached hydrogens (tertiary/aromatic N) is 1. The molecule has 0 bridgehead atoms. The highest BCUT2D eigenvalue weighted by molar-refractivity contribution is 7.26. The Kier molecular flexibility index (Phi) is 6.53. The summed E-state index contributed by atoms with van der Waals surface area (Å²) < 4.78 is 2.60. The molecule has 1 heterocycles. The highest BCUT2D eigenvalue weighted by Gasteiger charge is 2.39. The highest BCUT2D eigenvalue weighted by Crippen LogP contribution is 2.57. The van der Waals surface area contributed by atoms with E-state index in [4.69, 9.17) is 0 Å². The van der Waals surface area contributed by atoms with Crippen molar-refractivity contribution in [3.63, 3.8) is 0 Å². The lowest BCUT2D eigenvalue weighted by atomic mass is 9.82. The van der Waals surface area contributed by atoms with Gasteiger partial charge in [-0.3, -0.25) is 0 Å². The molecule has 0 aliphatic heterocycles. The summed E-state index contributed by atoms with van der Waals surface area (Å²) in [5, 5.41) is 10.1. The largest absolute Gasteiger partial charge is 0.309 e. The molecule has 10 aromatic rings. The van der Waals surface area contributed by atoms with E-state index in [1.807, 2.05) is 11.3 Å². The van der Waals surface area contributed by atoms with Crippen LogP contribution in [0.15, 0.2) is 176 Å². The van der Waals surface area contributed by atoms with E-state index in [0.29, 0.717) is 0 Å². The SMILES string of the molecule is CC1(C)c2cc3ccccc3cc2-c2c(N(c3ccc4ccccc4c3-c3cccc4ccccc34)c3cccc4sc5ccccc5c34)cccc21. The van der Waals surface area contributed by atoms with Gasteiger partial charge in [-0.2, -0.15) is 0 Å². The van der Waals surface area contributed by atoms with Crippen LogP contribution in [-0.2, 0) is 5.41 Å². The van der Waals surface area contributed by atoms with Crippen molar-refractivity contribution >= 4 is 80.9 Å². The van der Waals surface area contributed by atoms with Gasteiger partial charge in [0.05, 0.1) is 17.1 Å². The molecule has 0 radical (unpaired) electrons. The van der Waals surface area contributed by atoms with Gasteiger partial charge in [-0.05, 0) is 97.0 Å². The molecule has 2 heteroatoms. The van der Waals surface area contributed by atoms with Crippen molar-refractivity contribution in [2.75, 3.05) is 4.90 Å². The summed E-state index contributed by atoms with van der Waals surface area (Å²) >= 11 is 1.88. The third kappa shape index (κ3) is 4.43. The number of hydrogen-bond acceptors (Lipinski definition) is 2. The Morgan fingerprint density at radius 1 is 0.396 bits per heavy atom. The lowest BCUT2D eigenvalue weighted by Gasteiger charge is -2.32. The molecule has 0 N–H and O–H groups in total. The Labute approximate surface area is 313 Å². The van der Waals surface area contributed by atoms with Crippen molar-refractivity contribution < 1.29 is 0 Å². The number of fused-ring (bicyclic) bond motifs is 9. The molecule has 0 unspecified atom stereocenters. The summed E-state index contributed by atoms with van der Waals surface area (Å²) in [4.78, 5) is 2.60. The quantitative estimate of drug-likeness (QED) is 0.177. The van der Waals surface area contributed by atoms with Crippen molar-refractivity contribution in [1.29, 1.82) is 0 Å². The molecule has 1 aromatic heterocycles. The second-order valence-electron chi connectivity index (χ2n) is 14.9. The molecule has 53 heavy (non-hydrogen) atoms. The third-order valence-corrected chi connectivity index (χ3v) is 12.7. The Bertz CT molecular complexity index is 3100. The van der Waals surface area contributed by atoms with Crippen molar-refractivity contribution in [3.8, 4) is 22.3 Å². The maximum Gasteiger partial charge on any atom is 0.0555 e. The summed E-state index contributed by atoms with van der Waals surface area (Å²) in [5.41, 5.74) is 11.2. The lowest BCUT2D eigenvalue weighted by Crippen LogP contribution is -2.16. The molecular formula is C51H35NS. The summed E-state index contributed by atoms with van der Waals surface area (Å²) in [7, 11) is 0. The molecular weight excluding hydrogens is 659 g/mol. The molecule has 0 saturated carbocycles. The van der Waals surface area contributed by atoms with E-state index < -0.39 is 0 Å². The molecule has 9 aromatic carbocycles. The minimum absolute atomic E-state index is 0.167. The molecule has 11 rings (SSSR count). The van der Waals surface area contributed by atoms with Crippen LogP contribution in [0.1, 0.15) is 25.0 Å². The molecule has 0 atom stereocenters. The molecule has 1 aliphatic carbocycles. The van der Waals surface area contributed by atoms with E-state index in [-0.39, 0.29) is 5.41 Å². The van der Waals surface area contributed by atoms with Crippen LogP contribution in [-0.4, -0.2) is 0 Å². The lowest BCUT2D eigenvalue weighted by molar-refractivity contribution is 0.661. The zero-order valence-electron chi connectivity index (χ0n) is 29.6. The van der Waals surface area contributed by atoms with Gasteiger partial charge >= 0.3 is 0 Å². The van der Waals surface area contributed by atoms with Gasteiger partial charge < -0.3 is 4.90 Å². The van der Waals surface area contributed by atoms with Crippen LogP contribution in [0, 0.1) is 0 Å². The first-order valence-corrected chi connectivity index (χ1v) is 19.3. The summed E-state index contributed by atoms with van der Waals surface area (Å²) in [6.45, 7) is 4.79. The predicted molar refractivity (Wildman–Crippen MR) is 230 cm³/mol. The second kappa shape index (κ2) is 11.4. The molecule has 0 saturated heterocycles. The van der Waals surface area contributed by atoms with E-state index in [1.165, 1.54) is 103 Å². The molecule has 250 valence electrons. The Balaban J connectivity index is 1.31. The second-order valence-corrected chi connectivity index (χ2v) is 15.9. The van der Waals surface area contributed by atoms with Crippen LogP contribution >= 0.6 is 11.3 Å². The molecule has 1 aliphatic rings. The smallest absolute Gasteiger partial charge is 0.0555 e.